The third-order valence-electron chi connectivity index (χ3n) is 5.64. The van der Waals surface area contributed by atoms with Crippen molar-refractivity contribution in [3.05, 3.63) is 35.9 Å². The highest BCUT2D eigenvalue weighted by Gasteiger charge is 2.30. The number of likely N-dealkylation sites (N-methyl/N-ethyl adjacent to an activating group) is 1. The molecule has 1 saturated carbocycles. The van der Waals surface area contributed by atoms with Crippen molar-refractivity contribution < 1.29 is 9.59 Å². The molecule has 0 aromatic heterocycles. The quantitative estimate of drug-likeness (QED) is 0.893. The first kappa shape index (κ1) is 17.8. The van der Waals surface area contributed by atoms with Gasteiger partial charge in [-0.1, -0.05) is 36.8 Å². The van der Waals surface area contributed by atoms with E-state index in [4.69, 9.17) is 0 Å². The van der Waals surface area contributed by atoms with Crippen LogP contribution in [0.5, 0.6) is 0 Å². The zero-order valence-electron chi connectivity index (χ0n) is 15.3. The van der Waals surface area contributed by atoms with Crippen molar-refractivity contribution in [2.75, 3.05) is 20.1 Å². The number of hydrogen-bond donors (Lipinski definition) is 1. The zero-order chi connectivity index (χ0) is 17.8. The average molecular weight is 343 g/mol. The fourth-order valence-electron chi connectivity index (χ4n) is 3.67. The largest absolute Gasteiger partial charge is 0.344 e. The van der Waals surface area contributed by atoms with Crippen LogP contribution in [0.4, 0.5) is 4.79 Å². The second-order valence-corrected chi connectivity index (χ2v) is 7.50. The Balaban J connectivity index is 1.67. The molecule has 0 spiro atoms. The molecule has 1 aromatic rings. The van der Waals surface area contributed by atoms with Crippen LogP contribution in [0.3, 0.4) is 0 Å². The van der Waals surface area contributed by atoms with Gasteiger partial charge in [0.15, 0.2) is 0 Å². The average Bonchev–Trinajstić information content (AvgIpc) is 2.57. The Morgan fingerprint density at radius 2 is 2.00 bits per heavy atom. The Morgan fingerprint density at radius 1 is 1.28 bits per heavy atom. The van der Waals surface area contributed by atoms with Crippen LogP contribution in [-0.4, -0.2) is 47.9 Å². The molecule has 1 aliphatic heterocycles. The number of carbonyl (C=O) groups is 2. The molecule has 136 valence electrons. The van der Waals surface area contributed by atoms with Gasteiger partial charge in [0.25, 0.3) is 0 Å². The maximum atomic E-state index is 13.0. The summed E-state index contributed by atoms with van der Waals surface area (Å²) in [6.07, 6.45) is 4.94. The van der Waals surface area contributed by atoms with Crippen molar-refractivity contribution in [3.63, 3.8) is 0 Å². The van der Waals surface area contributed by atoms with E-state index in [1.54, 1.807) is 11.9 Å². The van der Waals surface area contributed by atoms with Gasteiger partial charge in [-0.05, 0) is 37.7 Å². The van der Waals surface area contributed by atoms with Gasteiger partial charge >= 0.3 is 6.03 Å². The maximum Gasteiger partial charge on any atom is 0.318 e. The fourth-order valence-corrected chi connectivity index (χ4v) is 3.67. The summed E-state index contributed by atoms with van der Waals surface area (Å²) in [4.78, 5) is 28.3. The lowest BCUT2D eigenvalue weighted by atomic mass is 9.84. The molecule has 1 saturated heterocycles. The van der Waals surface area contributed by atoms with E-state index in [9.17, 15) is 9.59 Å². The number of benzene rings is 1. The lowest BCUT2D eigenvalue weighted by Crippen LogP contribution is -2.53. The molecule has 25 heavy (non-hydrogen) atoms. The van der Waals surface area contributed by atoms with Gasteiger partial charge in [-0.15, -0.1) is 0 Å². The lowest BCUT2D eigenvalue weighted by Gasteiger charge is -2.38. The van der Waals surface area contributed by atoms with E-state index >= 15 is 0 Å². The Bertz CT molecular complexity index is 600. The third-order valence-corrected chi connectivity index (χ3v) is 5.64. The van der Waals surface area contributed by atoms with Gasteiger partial charge in [0.05, 0.1) is 6.04 Å². The molecule has 5 heteroatoms. The Labute approximate surface area is 150 Å². The van der Waals surface area contributed by atoms with Crippen LogP contribution < -0.4 is 5.32 Å². The molecule has 0 bridgehead atoms. The SMILES string of the molecule is C[C@H](c1ccccc1)N(CC1CCC1)C(=O)N[C@@H]1CCC(=O)N(C)C1. The molecule has 1 N–H and O–H groups in total. The van der Waals surface area contributed by atoms with Crippen LogP contribution in [0, 0.1) is 5.92 Å². The van der Waals surface area contributed by atoms with Crippen molar-refractivity contribution in [1.82, 2.24) is 15.1 Å². The number of nitrogens with zero attached hydrogens (tertiary/aromatic N) is 2. The summed E-state index contributed by atoms with van der Waals surface area (Å²) in [7, 11) is 1.80. The zero-order valence-corrected chi connectivity index (χ0v) is 15.3. The predicted octanol–water partition coefficient (Wildman–Crippen LogP) is 3.18. The van der Waals surface area contributed by atoms with E-state index in [2.05, 4.69) is 24.4 Å². The second-order valence-electron chi connectivity index (χ2n) is 7.50. The molecule has 0 radical (unpaired) electrons. The number of piperidine rings is 1. The van der Waals surface area contributed by atoms with E-state index in [1.807, 2.05) is 23.1 Å². The van der Waals surface area contributed by atoms with Crippen LogP contribution in [0.2, 0.25) is 0 Å². The van der Waals surface area contributed by atoms with Gasteiger partial charge in [-0.25, -0.2) is 4.79 Å². The maximum absolute atomic E-state index is 13.0. The molecule has 1 aromatic carbocycles. The lowest BCUT2D eigenvalue weighted by molar-refractivity contribution is -0.132. The van der Waals surface area contributed by atoms with Crippen molar-refractivity contribution >= 4 is 11.9 Å². The number of rotatable bonds is 5. The molecule has 2 fully saturated rings. The molecule has 3 amide bonds. The minimum atomic E-state index is -0.00370. The highest BCUT2D eigenvalue weighted by molar-refractivity contribution is 5.78. The second kappa shape index (κ2) is 7.89. The molecule has 1 aliphatic carbocycles. The van der Waals surface area contributed by atoms with Crippen LogP contribution in [-0.2, 0) is 4.79 Å². The van der Waals surface area contributed by atoms with E-state index in [1.165, 1.54) is 19.3 Å². The number of carbonyl (C=O) groups excluding carboxylic acids is 2. The Morgan fingerprint density at radius 3 is 2.60 bits per heavy atom. The summed E-state index contributed by atoms with van der Waals surface area (Å²) < 4.78 is 0. The first-order valence-electron chi connectivity index (χ1n) is 9.40. The van der Waals surface area contributed by atoms with E-state index in [-0.39, 0.29) is 24.0 Å². The number of likely N-dealkylation sites (tertiary alicyclic amines) is 1. The van der Waals surface area contributed by atoms with Gasteiger partial charge in [0, 0.05) is 32.6 Å². The van der Waals surface area contributed by atoms with E-state index in [0.717, 1.165) is 18.5 Å². The van der Waals surface area contributed by atoms with E-state index < -0.39 is 0 Å². The smallest absolute Gasteiger partial charge is 0.318 e. The first-order valence-corrected chi connectivity index (χ1v) is 9.40. The normalized spacial score (nSPS) is 22.2. The van der Waals surface area contributed by atoms with Crippen LogP contribution in [0.15, 0.2) is 30.3 Å². The molecule has 1 heterocycles. The standard InChI is InChI=1S/C20H29N3O2/c1-15(17-9-4-3-5-10-17)23(13-16-7-6-8-16)20(25)21-18-11-12-19(24)22(2)14-18/h3-5,9-10,15-16,18H,6-8,11-14H2,1-2H3,(H,21,25)/t15-,18-/m1/s1. The topological polar surface area (TPSA) is 52.7 Å². The minimum absolute atomic E-state index is 0.00370. The van der Waals surface area contributed by atoms with Crippen molar-refractivity contribution in [3.8, 4) is 0 Å². The third kappa shape index (κ3) is 4.33. The molecule has 2 aliphatic rings. The number of amides is 3. The highest BCUT2D eigenvalue weighted by Crippen LogP contribution is 2.30. The molecule has 2 atom stereocenters. The van der Waals surface area contributed by atoms with Crippen LogP contribution >= 0.6 is 0 Å². The van der Waals surface area contributed by atoms with Gasteiger partial charge in [-0.3, -0.25) is 4.79 Å². The summed E-state index contributed by atoms with van der Waals surface area (Å²) in [5, 5.41) is 3.17. The van der Waals surface area contributed by atoms with Crippen LogP contribution in [0.25, 0.3) is 0 Å². The molecular weight excluding hydrogens is 314 g/mol. The molecule has 5 nitrogen and oxygen atoms in total. The molecular formula is C20H29N3O2. The number of hydrogen-bond acceptors (Lipinski definition) is 2. The summed E-state index contributed by atoms with van der Waals surface area (Å²) in [5.41, 5.74) is 1.16. The first-order chi connectivity index (χ1) is 12.0. The minimum Gasteiger partial charge on any atom is -0.344 e. The van der Waals surface area contributed by atoms with Crippen molar-refractivity contribution in [2.45, 2.75) is 51.1 Å². The Hall–Kier alpha value is -2.04. The molecule has 3 rings (SSSR count). The molecule has 0 unspecified atom stereocenters. The summed E-state index contributed by atoms with van der Waals surface area (Å²) in [6.45, 7) is 3.51. The fraction of sp³-hybridized carbons (Fsp3) is 0.600. The monoisotopic (exact) mass is 343 g/mol. The Kier molecular flexibility index (Phi) is 5.61. The summed E-state index contributed by atoms with van der Waals surface area (Å²) in [5.74, 6) is 0.780. The van der Waals surface area contributed by atoms with Gasteiger partial charge in [0.1, 0.15) is 0 Å². The van der Waals surface area contributed by atoms with Gasteiger partial charge < -0.3 is 15.1 Å². The predicted molar refractivity (Wildman–Crippen MR) is 98.1 cm³/mol. The van der Waals surface area contributed by atoms with Crippen molar-refractivity contribution in [1.29, 1.82) is 0 Å². The number of nitrogens with one attached hydrogen (secondary N) is 1. The summed E-state index contributed by atoms with van der Waals surface area (Å²) in [6, 6.07) is 10.3. The van der Waals surface area contributed by atoms with Gasteiger partial charge in [-0.2, -0.15) is 0 Å². The highest BCUT2D eigenvalue weighted by atomic mass is 16.2. The summed E-state index contributed by atoms with van der Waals surface area (Å²) >= 11 is 0. The van der Waals surface area contributed by atoms with Crippen LogP contribution in [0.1, 0.15) is 50.6 Å². The van der Waals surface area contributed by atoms with Gasteiger partial charge in [0.2, 0.25) is 5.91 Å². The van der Waals surface area contributed by atoms with E-state index in [0.29, 0.717) is 18.9 Å². The van der Waals surface area contributed by atoms with Crippen molar-refractivity contribution in [2.24, 2.45) is 5.92 Å². The number of urea groups is 1.